The summed E-state index contributed by atoms with van der Waals surface area (Å²) >= 11 is 0. The highest BCUT2D eigenvalue weighted by molar-refractivity contribution is 5.97. The summed E-state index contributed by atoms with van der Waals surface area (Å²) in [5.41, 5.74) is 1.52. The molecule has 2 aromatic rings. The van der Waals surface area contributed by atoms with E-state index < -0.39 is 0 Å². The van der Waals surface area contributed by atoms with E-state index in [1.807, 2.05) is 20.9 Å². The SMILES string of the molecule is CCn1ncnc1CC(=O)c1cnn(C)c1C. The summed E-state index contributed by atoms with van der Waals surface area (Å²) < 4.78 is 3.42. The lowest BCUT2D eigenvalue weighted by atomic mass is 10.1. The van der Waals surface area contributed by atoms with Gasteiger partial charge in [-0.3, -0.25) is 9.48 Å². The van der Waals surface area contributed by atoms with E-state index in [1.165, 1.54) is 6.33 Å². The Balaban J connectivity index is 2.20. The number of hydrogen-bond donors (Lipinski definition) is 0. The average Bonchev–Trinajstić information content (AvgIpc) is 2.87. The Hall–Kier alpha value is -1.98. The Labute approximate surface area is 99.3 Å². The predicted octanol–water partition coefficient (Wildman–Crippen LogP) is 0.765. The highest BCUT2D eigenvalue weighted by atomic mass is 16.1. The second-order valence-electron chi connectivity index (χ2n) is 3.86. The largest absolute Gasteiger partial charge is 0.294 e. The molecule has 0 aromatic carbocycles. The quantitative estimate of drug-likeness (QED) is 0.731. The fourth-order valence-electron chi connectivity index (χ4n) is 1.70. The molecule has 0 aliphatic carbocycles. The number of Topliss-reactive ketones (excluding diaryl/α,β-unsaturated/α-hetero) is 1. The van der Waals surface area contributed by atoms with Gasteiger partial charge >= 0.3 is 0 Å². The zero-order valence-corrected chi connectivity index (χ0v) is 10.2. The van der Waals surface area contributed by atoms with Crippen molar-refractivity contribution in [3.05, 3.63) is 29.6 Å². The van der Waals surface area contributed by atoms with Crippen LogP contribution >= 0.6 is 0 Å². The molecule has 6 heteroatoms. The second kappa shape index (κ2) is 4.48. The van der Waals surface area contributed by atoms with Crippen molar-refractivity contribution in [3.63, 3.8) is 0 Å². The van der Waals surface area contributed by atoms with Crippen molar-refractivity contribution >= 4 is 5.78 Å². The Bertz CT molecular complexity index is 540. The fraction of sp³-hybridized carbons (Fsp3) is 0.455. The van der Waals surface area contributed by atoms with E-state index in [0.29, 0.717) is 17.9 Å². The van der Waals surface area contributed by atoms with Crippen molar-refractivity contribution in [2.75, 3.05) is 0 Å². The van der Waals surface area contributed by atoms with E-state index in [2.05, 4.69) is 15.2 Å². The van der Waals surface area contributed by atoms with Crippen LogP contribution in [0.5, 0.6) is 0 Å². The normalized spacial score (nSPS) is 10.8. The van der Waals surface area contributed by atoms with Crippen molar-refractivity contribution in [1.29, 1.82) is 0 Å². The van der Waals surface area contributed by atoms with Crippen LogP contribution < -0.4 is 0 Å². The molecule has 90 valence electrons. The number of aryl methyl sites for hydroxylation is 2. The molecule has 2 rings (SSSR count). The van der Waals surface area contributed by atoms with Gasteiger partial charge in [-0.2, -0.15) is 10.2 Å². The van der Waals surface area contributed by atoms with Gasteiger partial charge in [0.2, 0.25) is 0 Å². The van der Waals surface area contributed by atoms with Gasteiger partial charge in [0.05, 0.1) is 18.2 Å². The standard InChI is InChI=1S/C11H15N5O/c1-4-16-11(12-7-14-16)5-10(17)9-6-13-15(3)8(9)2/h6-7H,4-5H2,1-3H3. The number of carbonyl (C=O) groups excluding carboxylic acids is 1. The van der Waals surface area contributed by atoms with Crippen LogP contribution in [0.1, 0.15) is 28.8 Å². The molecule has 0 radical (unpaired) electrons. The van der Waals surface area contributed by atoms with Crippen LogP contribution in [0.4, 0.5) is 0 Å². The topological polar surface area (TPSA) is 65.6 Å². The molecule has 0 aliphatic rings. The Kier molecular flexibility index (Phi) is 3.03. The van der Waals surface area contributed by atoms with Crippen molar-refractivity contribution in [1.82, 2.24) is 24.5 Å². The Morgan fingerprint density at radius 3 is 2.76 bits per heavy atom. The van der Waals surface area contributed by atoms with Gasteiger partial charge in [0, 0.05) is 19.3 Å². The van der Waals surface area contributed by atoms with Crippen LogP contribution in [-0.2, 0) is 20.0 Å². The van der Waals surface area contributed by atoms with Crippen molar-refractivity contribution in [3.8, 4) is 0 Å². The Morgan fingerprint density at radius 2 is 2.18 bits per heavy atom. The molecule has 0 fully saturated rings. The molecule has 0 bridgehead atoms. The summed E-state index contributed by atoms with van der Waals surface area (Å²) in [7, 11) is 1.82. The van der Waals surface area contributed by atoms with Gasteiger partial charge in [-0.25, -0.2) is 9.67 Å². The predicted molar refractivity (Wildman–Crippen MR) is 61.7 cm³/mol. The second-order valence-corrected chi connectivity index (χ2v) is 3.86. The molecular formula is C11H15N5O. The molecule has 0 amide bonds. The maximum absolute atomic E-state index is 12.1. The first-order chi connectivity index (χ1) is 8.13. The number of ketones is 1. The highest BCUT2D eigenvalue weighted by Gasteiger charge is 2.16. The van der Waals surface area contributed by atoms with E-state index in [0.717, 1.165) is 5.69 Å². The molecule has 17 heavy (non-hydrogen) atoms. The first-order valence-corrected chi connectivity index (χ1v) is 5.52. The number of aromatic nitrogens is 5. The summed E-state index contributed by atoms with van der Waals surface area (Å²) in [6, 6.07) is 0. The van der Waals surface area contributed by atoms with Crippen LogP contribution in [0.25, 0.3) is 0 Å². The molecule has 0 unspecified atom stereocenters. The molecule has 2 heterocycles. The average molecular weight is 233 g/mol. The van der Waals surface area contributed by atoms with Gasteiger partial charge in [0.1, 0.15) is 12.2 Å². The van der Waals surface area contributed by atoms with E-state index in [1.54, 1.807) is 15.6 Å². The molecule has 0 atom stereocenters. The van der Waals surface area contributed by atoms with Gasteiger partial charge in [-0.15, -0.1) is 0 Å². The number of nitrogens with zero attached hydrogens (tertiary/aromatic N) is 5. The highest BCUT2D eigenvalue weighted by Crippen LogP contribution is 2.09. The summed E-state index contributed by atoms with van der Waals surface area (Å²) in [6.07, 6.45) is 3.34. The monoisotopic (exact) mass is 233 g/mol. The minimum absolute atomic E-state index is 0.0262. The van der Waals surface area contributed by atoms with Gasteiger partial charge in [-0.05, 0) is 13.8 Å². The van der Waals surface area contributed by atoms with Gasteiger partial charge in [0.15, 0.2) is 5.78 Å². The number of rotatable bonds is 4. The minimum Gasteiger partial charge on any atom is -0.294 e. The third kappa shape index (κ3) is 2.11. The molecular weight excluding hydrogens is 218 g/mol. The summed E-state index contributed by atoms with van der Waals surface area (Å²) in [4.78, 5) is 16.2. The summed E-state index contributed by atoms with van der Waals surface area (Å²) in [6.45, 7) is 4.57. The van der Waals surface area contributed by atoms with E-state index in [-0.39, 0.29) is 12.2 Å². The maximum Gasteiger partial charge on any atom is 0.173 e. The van der Waals surface area contributed by atoms with E-state index in [4.69, 9.17) is 0 Å². The van der Waals surface area contributed by atoms with Gasteiger partial charge in [-0.1, -0.05) is 0 Å². The van der Waals surface area contributed by atoms with Crippen molar-refractivity contribution in [2.24, 2.45) is 7.05 Å². The van der Waals surface area contributed by atoms with Crippen LogP contribution in [0.2, 0.25) is 0 Å². The number of hydrogen-bond acceptors (Lipinski definition) is 4. The third-order valence-corrected chi connectivity index (χ3v) is 2.85. The Morgan fingerprint density at radius 1 is 1.41 bits per heavy atom. The summed E-state index contributed by atoms with van der Waals surface area (Å²) in [5.74, 6) is 0.721. The van der Waals surface area contributed by atoms with Gasteiger partial charge < -0.3 is 0 Å². The van der Waals surface area contributed by atoms with E-state index in [9.17, 15) is 4.79 Å². The van der Waals surface area contributed by atoms with E-state index >= 15 is 0 Å². The maximum atomic E-state index is 12.1. The molecule has 0 aliphatic heterocycles. The van der Waals surface area contributed by atoms with Crippen LogP contribution in [-0.4, -0.2) is 30.3 Å². The smallest absolute Gasteiger partial charge is 0.173 e. The lowest BCUT2D eigenvalue weighted by Crippen LogP contribution is -2.11. The number of carbonyl (C=O) groups is 1. The summed E-state index contributed by atoms with van der Waals surface area (Å²) in [5, 5.41) is 8.10. The van der Waals surface area contributed by atoms with Crippen LogP contribution in [0.15, 0.2) is 12.5 Å². The van der Waals surface area contributed by atoms with Crippen molar-refractivity contribution < 1.29 is 4.79 Å². The molecule has 0 saturated heterocycles. The third-order valence-electron chi connectivity index (χ3n) is 2.85. The lowest BCUT2D eigenvalue weighted by molar-refractivity contribution is 0.0988. The molecule has 6 nitrogen and oxygen atoms in total. The minimum atomic E-state index is 0.0262. The zero-order chi connectivity index (χ0) is 12.4. The van der Waals surface area contributed by atoms with Crippen molar-refractivity contribution in [2.45, 2.75) is 26.8 Å². The molecule has 2 aromatic heterocycles. The molecule has 0 spiro atoms. The molecule has 0 saturated carbocycles. The fourth-order valence-corrected chi connectivity index (χ4v) is 1.70. The van der Waals surface area contributed by atoms with Crippen LogP contribution in [0.3, 0.4) is 0 Å². The zero-order valence-electron chi connectivity index (χ0n) is 10.2. The van der Waals surface area contributed by atoms with Crippen LogP contribution in [0, 0.1) is 6.92 Å². The van der Waals surface area contributed by atoms with Gasteiger partial charge in [0.25, 0.3) is 0 Å². The first kappa shape index (κ1) is 11.5. The molecule has 0 N–H and O–H groups in total. The lowest BCUT2D eigenvalue weighted by Gasteiger charge is -2.02. The first-order valence-electron chi connectivity index (χ1n) is 5.52.